The SMILES string of the molecule is Cc1nccc(N2CCN(c3ccccc3N)CC2)n1. The molecule has 0 spiro atoms. The fourth-order valence-corrected chi connectivity index (χ4v) is 2.57. The van der Waals surface area contributed by atoms with Crippen molar-refractivity contribution in [1.82, 2.24) is 9.97 Å². The van der Waals surface area contributed by atoms with Gasteiger partial charge in [-0.25, -0.2) is 9.97 Å². The van der Waals surface area contributed by atoms with Crippen LogP contribution in [0, 0.1) is 6.92 Å². The zero-order valence-electron chi connectivity index (χ0n) is 11.7. The van der Waals surface area contributed by atoms with E-state index >= 15 is 0 Å². The summed E-state index contributed by atoms with van der Waals surface area (Å²) in [6.07, 6.45) is 1.82. The fraction of sp³-hybridized carbons (Fsp3) is 0.333. The van der Waals surface area contributed by atoms with Gasteiger partial charge in [0.2, 0.25) is 0 Å². The van der Waals surface area contributed by atoms with Crippen molar-refractivity contribution in [3.63, 3.8) is 0 Å². The van der Waals surface area contributed by atoms with Crippen molar-refractivity contribution in [3.05, 3.63) is 42.4 Å². The van der Waals surface area contributed by atoms with Crippen molar-refractivity contribution in [2.75, 3.05) is 41.7 Å². The number of piperazine rings is 1. The van der Waals surface area contributed by atoms with Crippen molar-refractivity contribution >= 4 is 17.2 Å². The highest BCUT2D eigenvalue weighted by Gasteiger charge is 2.19. The van der Waals surface area contributed by atoms with E-state index in [1.807, 2.05) is 37.4 Å². The van der Waals surface area contributed by atoms with Crippen molar-refractivity contribution < 1.29 is 0 Å². The largest absolute Gasteiger partial charge is 0.397 e. The predicted molar refractivity (Wildman–Crippen MR) is 82.0 cm³/mol. The Balaban J connectivity index is 1.70. The number of aryl methyl sites for hydroxylation is 1. The maximum absolute atomic E-state index is 6.04. The van der Waals surface area contributed by atoms with Crippen LogP contribution in [0.3, 0.4) is 0 Å². The van der Waals surface area contributed by atoms with E-state index in [1.165, 1.54) is 0 Å². The monoisotopic (exact) mass is 269 g/mol. The normalized spacial score (nSPS) is 15.4. The summed E-state index contributed by atoms with van der Waals surface area (Å²) in [6.45, 7) is 5.73. The molecule has 1 aromatic heterocycles. The third kappa shape index (κ3) is 2.52. The number of nitrogens with zero attached hydrogens (tertiary/aromatic N) is 4. The fourth-order valence-electron chi connectivity index (χ4n) is 2.57. The zero-order valence-corrected chi connectivity index (χ0v) is 11.7. The van der Waals surface area contributed by atoms with Gasteiger partial charge in [0, 0.05) is 32.4 Å². The van der Waals surface area contributed by atoms with Crippen LogP contribution in [-0.4, -0.2) is 36.1 Å². The summed E-state index contributed by atoms with van der Waals surface area (Å²) >= 11 is 0. The number of aromatic nitrogens is 2. The number of nitrogen functional groups attached to an aromatic ring is 1. The Hall–Kier alpha value is -2.30. The molecule has 20 heavy (non-hydrogen) atoms. The van der Waals surface area contributed by atoms with E-state index in [-0.39, 0.29) is 0 Å². The van der Waals surface area contributed by atoms with Gasteiger partial charge in [-0.2, -0.15) is 0 Å². The number of rotatable bonds is 2. The molecule has 5 nitrogen and oxygen atoms in total. The number of hydrogen-bond donors (Lipinski definition) is 1. The third-order valence-corrected chi connectivity index (χ3v) is 3.64. The van der Waals surface area contributed by atoms with Crippen LogP contribution in [0.2, 0.25) is 0 Å². The lowest BCUT2D eigenvalue weighted by Gasteiger charge is -2.37. The van der Waals surface area contributed by atoms with Gasteiger partial charge in [0.15, 0.2) is 0 Å². The Labute approximate surface area is 119 Å². The van der Waals surface area contributed by atoms with Gasteiger partial charge in [-0.1, -0.05) is 12.1 Å². The van der Waals surface area contributed by atoms with E-state index in [0.717, 1.165) is 49.2 Å². The molecular formula is C15H19N5. The second-order valence-electron chi connectivity index (χ2n) is 4.99. The highest BCUT2D eigenvalue weighted by molar-refractivity contribution is 5.67. The lowest BCUT2D eigenvalue weighted by molar-refractivity contribution is 0.646. The molecule has 1 aliphatic heterocycles. The molecule has 0 atom stereocenters. The molecule has 0 unspecified atom stereocenters. The zero-order chi connectivity index (χ0) is 13.9. The third-order valence-electron chi connectivity index (χ3n) is 3.64. The molecule has 1 aliphatic rings. The predicted octanol–water partition coefficient (Wildman–Crippen LogP) is 1.69. The van der Waals surface area contributed by atoms with Gasteiger partial charge < -0.3 is 15.5 Å². The maximum atomic E-state index is 6.04. The molecule has 0 bridgehead atoms. The summed E-state index contributed by atoms with van der Waals surface area (Å²) in [6, 6.07) is 10.0. The van der Waals surface area contributed by atoms with Crippen LogP contribution < -0.4 is 15.5 Å². The molecule has 0 amide bonds. The maximum Gasteiger partial charge on any atom is 0.132 e. The second kappa shape index (κ2) is 5.36. The van der Waals surface area contributed by atoms with E-state index < -0.39 is 0 Å². The van der Waals surface area contributed by atoms with Crippen molar-refractivity contribution in [3.8, 4) is 0 Å². The van der Waals surface area contributed by atoms with Crippen LogP contribution in [0.1, 0.15) is 5.82 Å². The molecule has 2 N–H and O–H groups in total. The number of hydrogen-bond acceptors (Lipinski definition) is 5. The average Bonchev–Trinajstić information content (AvgIpc) is 2.48. The summed E-state index contributed by atoms with van der Waals surface area (Å²) < 4.78 is 0. The number of benzene rings is 1. The van der Waals surface area contributed by atoms with Crippen LogP contribution in [0.4, 0.5) is 17.2 Å². The van der Waals surface area contributed by atoms with Gasteiger partial charge in [-0.15, -0.1) is 0 Å². The Kier molecular flexibility index (Phi) is 3.41. The van der Waals surface area contributed by atoms with Gasteiger partial charge in [0.05, 0.1) is 11.4 Å². The van der Waals surface area contributed by atoms with Crippen LogP contribution in [0.15, 0.2) is 36.5 Å². The highest BCUT2D eigenvalue weighted by Crippen LogP contribution is 2.24. The molecule has 104 valence electrons. The lowest BCUT2D eigenvalue weighted by atomic mass is 10.2. The van der Waals surface area contributed by atoms with E-state index in [4.69, 9.17) is 5.73 Å². The van der Waals surface area contributed by atoms with Crippen molar-refractivity contribution in [2.45, 2.75) is 6.92 Å². The smallest absolute Gasteiger partial charge is 0.132 e. The highest BCUT2D eigenvalue weighted by atomic mass is 15.3. The first-order valence-corrected chi connectivity index (χ1v) is 6.88. The number of nitrogens with two attached hydrogens (primary N) is 1. The summed E-state index contributed by atoms with van der Waals surface area (Å²) in [5.41, 5.74) is 8.02. The number of para-hydroxylation sites is 2. The van der Waals surface area contributed by atoms with E-state index in [1.54, 1.807) is 0 Å². The molecule has 1 fully saturated rings. The quantitative estimate of drug-likeness (QED) is 0.841. The van der Waals surface area contributed by atoms with Crippen LogP contribution in [0.5, 0.6) is 0 Å². The topological polar surface area (TPSA) is 58.3 Å². The molecule has 0 aliphatic carbocycles. The summed E-state index contributed by atoms with van der Waals surface area (Å²) in [7, 11) is 0. The summed E-state index contributed by atoms with van der Waals surface area (Å²) in [5, 5.41) is 0. The Bertz CT molecular complexity index is 590. The van der Waals surface area contributed by atoms with Crippen LogP contribution in [-0.2, 0) is 0 Å². The molecule has 3 rings (SSSR count). The van der Waals surface area contributed by atoms with Crippen molar-refractivity contribution in [2.24, 2.45) is 0 Å². The van der Waals surface area contributed by atoms with Gasteiger partial charge in [0.1, 0.15) is 11.6 Å². The molecule has 0 radical (unpaired) electrons. The Morgan fingerprint density at radius 1 is 1.00 bits per heavy atom. The molecule has 0 saturated carbocycles. The molecule has 5 heteroatoms. The van der Waals surface area contributed by atoms with Gasteiger partial charge in [-0.3, -0.25) is 0 Å². The first kappa shape index (κ1) is 12.7. The van der Waals surface area contributed by atoms with Gasteiger partial charge >= 0.3 is 0 Å². The standard InChI is InChI=1S/C15H19N5/c1-12-17-7-6-15(18-12)20-10-8-19(9-11-20)14-5-3-2-4-13(14)16/h2-7H,8-11,16H2,1H3. The summed E-state index contributed by atoms with van der Waals surface area (Å²) in [5.74, 6) is 1.83. The molecule has 1 saturated heterocycles. The van der Waals surface area contributed by atoms with E-state index in [2.05, 4.69) is 25.8 Å². The lowest BCUT2D eigenvalue weighted by Crippen LogP contribution is -2.47. The van der Waals surface area contributed by atoms with E-state index in [0.29, 0.717) is 0 Å². The second-order valence-corrected chi connectivity index (χ2v) is 4.99. The average molecular weight is 269 g/mol. The first-order chi connectivity index (χ1) is 9.74. The van der Waals surface area contributed by atoms with E-state index in [9.17, 15) is 0 Å². The Morgan fingerprint density at radius 3 is 2.40 bits per heavy atom. The summed E-state index contributed by atoms with van der Waals surface area (Å²) in [4.78, 5) is 13.3. The van der Waals surface area contributed by atoms with Crippen LogP contribution in [0.25, 0.3) is 0 Å². The minimum absolute atomic E-state index is 0.817. The minimum atomic E-state index is 0.817. The van der Waals surface area contributed by atoms with Gasteiger partial charge in [0.25, 0.3) is 0 Å². The minimum Gasteiger partial charge on any atom is -0.397 e. The molecule has 2 aromatic rings. The molecule has 2 heterocycles. The Morgan fingerprint density at radius 2 is 1.70 bits per heavy atom. The number of anilines is 3. The first-order valence-electron chi connectivity index (χ1n) is 6.88. The van der Waals surface area contributed by atoms with Crippen LogP contribution >= 0.6 is 0 Å². The molecule has 1 aromatic carbocycles. The van der Waals surface area contributed by atoms with Crippen molar-refractivity contribution in [1.29, 1.82) is 0 Å². The molecular weight excluding hydrogens is 250 g/mol. The van der Waals surface area contributed by atoms with Gasteiger partial charge in [-0.05, 0) is 25.1 Å².